The number of nitrogens with two attached hydrogens (primary N) is 1. The number of anilines is 1. The molecule has 1 unspecified atom stereocenters. The average Bonchev–Trinajstić information content (AvgIpc) is 2.61. The quantitative estimate of drug-likeness (QED) is 0.749. The van der Waals surface area contributed by atoms with Gasteiger partial charge in [-0.25, -0.2) is 4.98 Å². The largest absolute Gasteiger partial charge is 0.368 e. The van der Waals surface area contributed by atoms with Crippen LogP contribution in [0.3, 0.4) is 0 Å². The van der Waals surface area contributed by atoms with Crippen LogP contribution in [0.4, 0.5) is 5.82 Å². The molecule has 2 heterocycles. The van der Waals surface area contributed by atoms with Crippen LogP contribution in [0.2, 0.25) is 0 Å². The number of rotatable bonds is 3. The zero-order valence-corrected chi connectivity index (χ0v) is 8.81. The first kappa shape index (κ1) is 9.85. The Labute approximate surface area is 87.5 Å². The summed E-state index contributed by atoms with van der Waals surface area (Å²) < 4.78 is 1.66. The van der Waals surface area contributed by atoms with E-state index in [-0.39, 0.29) is 6.04 Å². The molecule has 15 heavy (non-hydrogen) atoms. The minimum absolute atomic E-state index is 0.0945. The fraction of sp³-hybridized carbons (Fsp3) is 0.444. The highest BCUT2D eigenvalue weighted by molar-refractivity contribution is 5.44. The molecule has 0 aromatic carbocycles. The van der Waals surface area contributed by atoms with Crippen LogP contribution < -0.4 is 11.1 Å². The Hall–Kier alpha value is -1.69. The van der Waals surface area contributed by atoms with Crippen molar-refractivity contribution in [2.75, 3.05) is 11.9 Å². The van der Waals surface area contributed by atoms with Crippen molar-refractivity contribution in [2.24, 2.45) is 5.73 Å². The summed E-state index contributed by atoms with van der Waals surface area (Å²) >= 11 is 0. The highest BCUT2D eigenvalue weighted by atomic mass is 15.3. The first-order chi connectivity index (χ1) is 7.16. The van der Waals surface area contributed by atoms with Crippen molar-refractivity contribution in [3.05, 3.63) is 18.1 Å². The summed E-state index contributed by atoms with van der Waals surface area (Å²) in [4.78, 5) is 8.28. The highest BCUT2D eigenvalue weighted by Gasteiger charge is 2.05. The lowest BCUT2D eigenvalue weighted by Gasteiger charge is -2.10. The third-order valence-electron chi connectivity index (χ3n) is 1.99. The van der Waals surface area contributed by atoms with Gasteiger partial charge in [0.2, 0.25) is 0 Å². The Bertz CT molecular complexity index is 461. The second-order valence-corrected chi connectivity index (χ2v) is 3.61. The number of aryl methyl sites for hydroxylation is 1. The van der Waals surface area contributed by atoms with Gasteiger partial charge < -0.3 is 11.1 Å². The van der Waals surface area contributed by atoms with Crippen LogP contribution in [-0.4, -0.2) is 32.2 Å². The summed E-state index contributed by atoms with van der Waals surface area (Å²) in [5.41, 5.74) is 6.58. The molecule has 0 saturated carbocycles. The molecule has 0 saturated heterocycles. The van der Waals surface area contributed by atoms with E-state index in [0.717, 1.165) is 11.5 Å². The Morgan fingerprint density at radius 1 is 1.60 bits per heavy atom. The third-order valence-corrected chi connectivity index (χ3v) is 1.99. The van der Waals surface area contributed by atoms with Crippen molar-refractivity contribution in [3.63, 3.8) is 0 Å². The van der Waals surface area contributed by atoms with Crippen LogP contribution in [0.25, 0.3) is 5.78 Å². The van der Waals surface area contributed by atoms with Gasteiger partial charge in [-0.15, -0.1) is 0 Å². The van der Waals surface area contributed by atoms with Crippen LogP contribution in [0, 0.1) is 6.92 Å². The minimum Gasteiger partial charge on any atom is -0.368 e. The van der Waals surface area contributed by atoms with Gasteiger partial charge in [0, 0.05) is 24.3 Å². The first-order valence-electron chi connectivity index (χ1n) is 4.83. The van der Waals surface area contributed by atoms with E-state index in [1.54, 1.807) is 4.52 Å². The number of nitrogens with zero attached hydrogens (tertiary/aromatic N) is 4. The fourth-order valence-electron chi connectivity index (χ4n) is 1.32. The molecule has 6 nitrogen and oxygen atoms in total. The second kappa shape index (κ2) is 3.82. The van der Waals surface area contributed by atoms with E-state index in [2.05, 4.69) is 20.4 Å². The molecule has 2 aromatic heterocycles. The Morgan fingerprint density at radius 2 is 2.40 bits per heavy atom. The number of hydrogen-bond donors (Lipinski definition) is 2. The van der Waals surface area contributed by atoms with Crippen molar-refractivity contribution < 1.29 is 0 Å². The lowest BCUT2D eigenvalue weighted by molar-refractivity contribution is 0.770. The molecule has 0 aliphatic rings. The molecule has 1 atom stereocenters. The van der Waals surface area contributed by atoms with Crippen LogP contribution in [0.5, 0.6) is 0 Å². The van der Waals surface area contributed by atoms with E-state index in [9.17, 15) is 0 Å². The van der Waals surface area contributed by atoms with E-state index >= 15 is 0 Å². The second-order valence-electron chi connectivity index (χ2n) is 3.61. The van der Waals surface area contributed by atoms with E-state index in [4.69, 9.17) is 5.73 Å². The SMILES string of the molecule is Cc1cc(NCC(C)N)n2ncnc2n1. The molecular weight excluding hydrogens is 192 g/mol. The maximum Gasteiger partial charge on any atom is 0.254 e. The summed E-state index contributed by atoms with van der Waals surface area (Å²) in [5, 5.41) is 7.29. The van der Waals surface area contributed by atoms with Crippen LogP contribution >= 0.6 is 0 Å². The van der Waals surface area contributed by atoms with Crippen molar-refractivity contribution >= 4 is 11.6 Å². The lowest BCUT2D eigenvalue weighted by Crippen LogP contribution is -2.26. The molecule has 2 rings (SSSR count). The zero-order valence-electron chi connectivity index (χ0n) is 8.81. The Balaban J connectivity index is 2.35. The molecule has 0 bridgehead atoms. The van der Waals surface area contributed by atoms with Crippen molar-refractivity contribution in [1.82, 2.24) is 19.6 Å². The maximum atomic E-state index is 5.67. The lowest BCUT2D eigenvalue weighted by atomic mass is 10.3. The number of aromatic nitrogens is 4. The molecule has 2 aromatic rings. The van der Waals surface area contributed by atoms with Crippen LogP contribution in [0.1, 0.15) is 12.6 Å². The molecule has 80 valence electrons. The number of fused-ring (bicyclic) bond motifs is 1. The van der Waals surface area contributed by atoms with Crippen LogP contribution in [-0.2, 0) is 0 Å². The molecule has 0 aliphatic carbocycles. The van der Waals surface area contributed by atoms with Gasteiger partial charge in [0.15, 0.2) is 0 Å². The molecule has 0 fully saturated rings. The number of hydrogen-bond acceptors (Lipinski definition) is 5. The van der Waals surface area contributed by atoms with Gasteiger partial charge in [0.05, 0.1) is 0 Å². The summed E-state index contributed by atoms with van der Waals surface area (Å²) in [5.74, 6) is 1.47. The van der Waals surface area contributed by atoms with E-state index in [0.29, 0.717) is 12.3 Å². The topological polar surface area (TPSA) is 81.1 Å². The minimum atomic E-state index is 0.0945. The summed E-state index contributed by atoms with van der Waals surface area (Å²) in [7, 11) is 0. The zero-order chi connectivity index (χ0) is 10.8. The van der Waals surface area contributed by atoms with Crippen molar-refractivity contribution in [2.45, 2.75) is 19.9 Å². The van der Waals surface area contributed by atoms with E-state index in [1.807, 2.05) is 19.9 Å². The molecule has 0 spiro atoms. The predicted molar refractivity (Wildman–Crippen MR) is 57.7 cm³/mol. The third kappa shape index (κ3) is 2.04. The van der Waals surface area contributed by atoms with Gasteiger partial charge in [-0.2, -0.15) is 14.6 Å². The summed E-state index contributed by atoms with van der Waals surface area (Å²) in [6, 6.07) is 2.02. The normalized spacial score (nSPS) is 13.0. The van der Waals surface area contributed by atoms with E-state index in [1.165, 1.54) is 6.33 Å². The van der Waals surface area contributed by atoms with Gasteiger partial charge in [0.25, 0.3) is 5.78 Å². The fourth-order valence-corrected chi connectivity index (χ4v) is 1.32. The standard InChI is InChI=1S/C9H14N6/c1-6(10)4-11-8-3-7(2)14-9-12-5-13-15(8)9/h3,5-6,11H,4,10H2,1-2H3. The van der Waals surface area contributed by atoms with E-state index < -0.39 is 0 Å². The first-order valence-corrected chi connectivity index (χ1v) is 4.83. The average molecular weight is 206 g/mol. The Morgan fingerprint density at radius 3 is 3.13 bits per heavy atom. The monoisotopic (exact) mass is 206 g/mol. The molecule has 0 radical (unpaired) electrons. The van der Waals surface area contributed by atoms with Gasteiger partial charge >= 0.3 is 0 Å². The molecular formula is C9H14N6. The molecule has 0 amide bonds. The smallest absolute Gasteiger partial charge is 0.254 e. The molecule has 0 aliphatic heterocycles. The molecule has 6 heteroatoms. The Kier molecular flexibility index (Phi) is 2.51. The van der Waals surface area contributed by atoms with Crippen LogP contribution in [0.15, 0.2) is 12.4 Å². The number of nitrogens with one attached hydrogen (secondary N) is 1. The predicted octanol–water partition coefficient (Wildman–Crippen LogP) is 0.192. The maximum absolute atomic E-state index is 5.67. The highest BCUT2D eigenvalue weighted by Crippen LogP contribution is 2.09. The van der Waals surface area contributed by atoms with Crippen molar-refractivity contribution in [3.8, 4) is 0 Å². The summed E-state index contributed by atoms with van der Waals surface area (Å²) in [6.07, 6.45) is 1.48. The van der Waals surface area contributed by atoms with Gasteiger partial charge in [0.1, 0.15) is 12.1 Å². The summed E-state index contributed by atoms with van der Waals surface area (Å²) in [6.45, 7) is 4.56. The van der Waals surface area contributed by atoms with Gasteiger partial charge in [-0.05, 0) is 13.8 Å². The van der Waals surface area contributed by atoms with Gasteiger partial charge in [-0.1, -0.05) is 0 Å². The van der Waals surface area contributed by atoms with Crippen molar-refractivity contribution in [1.29, 1.82) is 0 Å². The van der Waals surface area contributed by atoms with Gasteiger partial charge in [-0.3, -0.25) is 0 Å². The molecule has 3 N–H and O–H groups in total.